The molecule has 0 spiro atoms. The van der Waals surface area contributed by atoms with E-state index in [0.717, 1.165) is 16.8 Å². The molecule has 7 heteroatoms. The Morgan fingerprint density at radius 1 is 1.00 bits per heavy atom. The van der Waals surface area contributed by atoms with Crippen LogP contribution in [0.15, 0.2) is 90.6 Å². The van der Waals surface area contributed by atoms with Crippen LogP contribution in [-0.2, 0) is 9.59 Å². The highest BCUT2D eigenvalue weighted by Crippen LogP contribution is 2.44. The zero-order valence-corrected chi connectivity index (χ0v) is 18.1. The minimum Gasteiger partial charge on any atom is -0.507 e. The number of aliphatic hydroxyl groups excluding tert-OH is 1. The highest BCUT2D eigenvalue weighted by Gasteiger charge is 2.48. The number of halogens is 1. The molecule has 1 amide bonds. The minimum atomic E-state index is -1.03. The van der Waals surface area contributed by atoms with E-state index in [1.807, 2.05) is 30.3 Å². The quantitative estimate of drug-likeness (QED) is 0.266. The Kier molecular flexibility index (Phi) is 5.30. The molecule has 0 aliphatic carbocycles. The lowest BCUT2D eigenvalue weighted by atomic mass is 9.97. The van der Waals surface area contributed by atoms with Gasteiger partial charge in [-0.3, -0.25) is 19.5 Å². The summed E-state index contributed by atoms with van der Waals surface area (Å²) >= 11 is 0. The third kappa shape index (κ3) is 3.38. The van der Waals surface area contributed by atoms with Gasteiger partial charge < -0.3 is 9.84 Å². The van der Waals surface area contributed by atoms with E-state index in [9.17, 15) is 19.1 Å². The van der Waals surface area contributed by atoms with Crippen LogP contribution in [-0.4, -0.2) is 28.9 Å². The van der Waals surface area contributed by atoms with Crippen molar-refractivity contribution in [2.24, 2.45) is 0 Å². The second-order valence-corrected chi connectivity index (χ2v) is 7.77. The highest BCUT2D eigenvalue weighted by atomic mass is 19.1. The number of fused-ring (bicyclic) bond motifs is 1. The molecule has 0 saturated carbocycles. The Labute approximate surface area is 194 Å². The van der Waals surface area contributed by atoms with Crippen LogP contribution < -0.4 is 9.64 Å². The first-order chi connectivity index (χ1) is 16.5. The van der Waals surface area contributed by atoms with Crippen LogP contribution >= 0.6 is 0 Å². The third-order valence-electron chi connectivity index (χ3n) is 5.86. The molecule has 1 N–H and O–H groups in total. The first-order valence-corrected chi connectivity index (χ1v) is 10.5. The maximum atomic E-state index is 14.1. The lowest BCUT2D eigenvalue weighted by molar-refractivity contribution is -0.132. The molecule has 1 aliphatic rings. The van der Waals surface area contributed by atoms with Crippen LogP contribution in [0.2, 0.25) is 0 Å². The SMILES string of the molecule is COc1ccc(F)cc1/C(O)=C1\C(=O)C(=O)N(c2cccc3ccccc23)C1c1ccccn1. The van der Waals surface area contributed by atoms with Gasteiger partial charge >= 0.3 is 0 Å². The smallest absolute Gasteiger partial charge is 0.300 e. The van der Waals surface area contributed by atoms with Gasteiger partial charge in [0.1, 0.15) is 23.4 Å². The largest absolute Gasteiger partial charge is 0.507 e. The summed E-state index contributed by atoms with van der Waals surface area (Å²) in [5.74, 6) is -2.71. The van der Waals surface area contributed by atoms with E-state index >= 15 is 0 Å². The van der Waals surface area contributed by atoms with Crippen molar-refractivity contribution in [3.8, 4) is 5.75 Å². The Bertz CT molecular complexity index is 1460. The average molecular weight is 454 g/mol. The highest BCUT2D eigenvalue weighted by molar-refractivity contribution is 6.52. The van der Waals surface area contributed by atoms with Gasteiger partial charge in [-0.15, -0.1) is 0 Å². The molecule has 5 rings (SSSR count). The monoisotopic (exact) mass is 454 g/mol. The van der Waals surface area contributed by atoms with E-state index in [4.69, 9.17) is 4.74 Å². The van der Waals surface area contributed by atoms with Crippen molar-refractivity contribution in [2.75, 3.05) is 12.0 Å². The van der Waals surface area contributed by atoms with Gasteiger partial charge in [0, 0.05) is 11.6 Å². The molecule has 0 bridgehead atoms. The van der Waals surface area contributed by atoms with Crippen LogP contribution in [0.5, 0.6) is 5.75 Å². The van der Waals surface area contributed by atoms with Crippen LogP contribution in [0.25, 0.3) is 16.5 Å². The molecule has 1 aromatic heterocycles. The Morgan fingerprint density at radius 2 is 1.76 bits per heavy atom. The molecule has 2 heterocycles. The van der Waals surface area contributed by atoms with Crippen LogP contribution in [0.4, 0.5) is 10.1 Å². The van der Waals surface area contributed by atoms with E-state index in [1.54, 1.807) is 36.5 Å². The van der Waals surface area contributed by atoms with E-state index in [2.05, 4.69) is 4.98 Å². The molecule has 4 aromatic rings. The molecule has 168 valence electrons. The summed E-state index contributed by atoms with van der Waals surface area (Å²) in [6.07, 6.45) is 1.54. The van der Waals surface area contributed by atoms with Crippen LogP contribution in [0.3, 0.4) is 0 Å². The topological polar surface area (TPSA) is 79.7 Å². The van der Waals surface area contributed by atoms with Gasteiger partial charge in [-0.05, 0) is 41.8 Å². The van der Waals surface area contributed by atoms with Gasteiger partial charge in [0.15, 0.2) is 0 Å². The Balaban J connectivity index is 1.80. The lowest BCUT2D eigenvalue weighted by Crippen LogP contribution is -2.30. The number of benzene rings is 3. The molecule has 1 unspecified atom stereocenters. The van der Waals surface area contributed by atoms with Crippen molar-refractivity contribution in [1.82, 2.24) is 4.98 Å². The zero-order chi connectivity index (χ0) is 23.8. The van der Waals surface area contributed by atoms with Crippen molar-refractivity contribution < 1.29 is 23.8 Å². The predicted octanol–water partition coefficient (Wildman–Crippen LogP) is 5.01. The van der Waals surface area contributed by atoms with Gasteiger partial charge in [0.25, 0.3) is 11.7 Å². The van der Waals surface area contributed by atoms with Gasteiger partial charge in [-0.2, -0.15) is 0 Å². The summed E-state index contributed by atoms with van der Waals surface area (Å²) in [4.78, 5) is 32.4. The van der Waals surface area contributed by atoms with E-state index < -0.39 is 29.3 Å². The maximum Gasteiger partial charge on any atom is 0.300 e. The summed E-state index contributed by atoms with van der Waals surface area (Å²) in [5.41, 5.74) is 0.660. The maximum absolute atomic E-state index is 14.1. The molecule has 1 saturated heterocycles. The van der Waals surface area contributed by atoms with Crippen molar-refractivity contribution in [1.29, 1.82) is 0 Å². The number of Topliss-reactive ketones (excluding diaryl/α,β-unsaturated/α-hetero) is 1. The van der Waals surface area contributed by atoms with E-state index in [0.29, 0.717) is 11.4 Å². The minimum absolute atomic E-state index is 0.0284. The standard InChI is InChI=1S/C27H19FN2O4/c1-34-22-13-12-17(28)15-19(22)25(31)23-24(20-10-4-5-14-29-20)30(27(33)26(23)32)21-11-6-8-16-7-2-3-9-18(16)21/h2-15,24,31H,1H3/b25-23+. The molecule has 0 radical (unpaired) electrons. The number of amides is 1. The number of aliphatic hydroxyl groups is 1. The number of carbonyl (C=O) groups excluding carboxylic acids is 2. The molecule has 6 nitrogen and oxygen atoms in total. The van der Waals surface area contributed by atoms with Gasteiger partial charge in [-0.25, -0.2) is 4.39 Å². The first kappa shape index (κ1) is 21.3. The molecule has 1 atom stereocenters. The van der Waals surface area contributed by atoms with Gasteiger partial charge in [0.2, 0.25) is 0 Å². The second-order valence-electron chi connectivity index (χ2n) is 7.77. The summed E-state index contributed by atoms with van der Waals surface area (Å²) in [7, 11) is 1.37. The molecule has 1 aliphatic heterocycles. The summed E-state index contributed by atoms with van der Waals surface area (Å²) in [6.45, 7) is 0. The fourth-order valence-electron chi connectivity index (χ4n) is 4.33. The fourth-order valence-corrected chi connectivity index (χ4v) is 4.33. The Morgan fingerprint density at radius 3 is 2.53 bits per heavy atom. The van der Waals surface area contributed by atoms with E-state index in [1.165, 1.54) is 24.1 Å². The van der Waals surface area contributed by atoms with Gasteiger partial charge in [0.05, 0.1) is 29.6 Å². The number of pyridine rings is 1. The predicted molar refractivity (Wildman–Crippen MR) is 126 cm³/mol. The molecule has 1 fully saturated rings. The fraction of sp³-hybridized carbons (Fsp3) is 0.0741. The number of ketones is 1. The van der Waals surface area contributed by atoms with Gasteiger partial charge in [-0.1, -0.05) is 42.5 Å². The average Bonchev–Trinajstić information content (AvgIpc) is 3.14. The zero-order valence-electron chi connectivity index (χ0n) is 18.1. The molecule has 3 aromatic carbocycles. The van der Waals surface area contributed by atoms with E-state index in [-0.39, 0.29) is 16.9 Å². The normalized spacial score (nSPS) is 17.4. The van der Waals surface area contributed by atoms with Crippen molar-refractivity contribution in [3.63, 3.8) is 0 Å². The number of hydrogen-bond donors (Lipinski definition) is 1. The molecular weight excluding hydrogens is 435 g/mol. The summed E-state index contributed by atoms with van der Waals surface area (Å²) in [5, 5.41) is 12.9. The number of carbonyl (C=O) groups is 2. The number of anilines is 1. The van der Waals surface area contributed by atoms with Crippen molar-refractivity contribution in [3.05, 3.63) is 108 Å². The first-order valence-electron chi connectivity index (χ1n) is 10.5. The Hall–Kier alpha value is -4.52. The number of hydrogen-bond acceptors (Lipinski definition) is 5. The molecule has 34 heavy (non-hydrogen) atoms. The number of nitrogens with zero attached hydrogens (tertiary/aromatic N) is 2. The second kappa shape index (κ2) is 8.44. The molecular formula is C27H19FN2O4. The number of ether oxygens (including phenoxy) is 1. The van der Waals surface area contributed by atoms with Crippen molar-refractivity contribution in [2.45, 2.75) is 6.04 Å². The van der Waals surface area contributed by atoms with Crippen molar-refractivity contribution >= 4 is 33.9 Å². The third-order valence-corrected chi connectivity index (χ3v) is 5.86. The summed E-state index contributed by atoms with van der Waals surface area (Å²) < 4.78 is 19.3. The summed E-state index contributed by atoms with van der Waals surface area (Å²) in [6, 6.07) is 20.6. The van der Waals surface area contributed by atoms with Crippen LogP contribution in [0, 0.1) is 5.82 Å². The number of aromatic nitrogens is 1. The number of methoxy groups -OCH3 is 1. The lowest BCUT2D eigenvalue weighted by Gasteiger charge is -2.26. The van der Waals surface area contributed by atoms with Crippen LogP contribution in [0.1, 0.15) is 17.3 Å². The number of rotatable bonds is 4.